The summed E-state index contributed by atoms with van der Waals surface area (Å²) in [5, 5.41) is 0. The zero-order chi connectivity index (χ0) is 22.4. The number of halogens is 1. The molecule has 6 nitrogen and oxygen atoms in total. The Morgan fingerprint density at radius 1 is 0.938 bits per heavy atom. The number of fused-ring (bicyclic) bond motifs is 5. The number of ketones is 1. The molecule has 1 heterocycles. The molecule has 2 amide bonds. The average Bonchev–Trinajstić information content (AvgIpc) is 3.46. The number of hydrogen-bond acceptors (Lipinski definition) is 5. The van der Waals surface area contributed by atoms with Crippen molar-refractivity contribution in [2.24, 2.45) is 23.7 Å². The van der Waals surface area contributed by atoms with Gasteiger partial charge in [-0.2, -0.15) is 0 Å². The quantitative estimate of drug-likeness (QED) is 0.396. The van der Waals surface area contributed by atoms with Crippen LogP contribution in [0.5, 0.6) is 0 Å². The van der Waals surface area contributed by atoms with E-state index in [1.807, 2.05) is 18.2 Å². The summed E-state index contributed by atoms with van der Waals surface area (Å²) in [6, 6.07) is 14.9. The van der Waals surface area contributed by atoms with Crippen molar-refractivity contribution in [2.45, 2.75) is 18.8 Å². The van der Waals surface area contributed by atoms with Gasteiger partial charge in [0.1, 0.15) is 12.4 Å². The molecule has 3 aliphatic rings. The lowest BCUT2D eigenvalue weighted by molar-refractivity contribution is -0.152. The zero-order valence-electron chi connectivity index (χ0n) is 17.3. The van der Waals surface area contributed by atoms with Crippen LogP contribution in [-0.2, 0) is 19.1 Å². The number of rotatable bonds is 6. The molecule has 2 aromatic carbocycles. The van der Waals surface area contributed by atoms with Gasteiger partial charge in [0.25, 0.3) is 0 Å². The Labute approximate surface area is 184 Å². The van der Waals surface area contributed by atoms with Gasteiger partial charge in [0.05, 0.1) is 11.8 Å². The van der Waals surface area contributed by atoms with E-state index in [9.17, 15) is 23.6 Å². The molecule has 2 bridgehead atoms. The SMILES string of the molecule is O=C(CN1C(=O)[C@@H]2[C@@H]3C[C@@H]([C@H]2C1=O)[C@H](c1ccccc1)C3)OCC(=O)c1ccc(F)cc1. The van der Waals surface area contributed by atoms with Crippen molar-refractivity contribution in [1.82, 2.24) is 4.90 Å². The predicted molar refractivity (Wildman–Crippen MR) is 111 cm³/mol. The van der Waals surface area contributed by atoms with Crippen LogP contribution in [0.25, 0.3) is 0 Å². The van der Waals surface area contributed by atoms with Crippen LogP contribution in [0, 0.1) is 29.5 Å². The van der Waals surface area contributed by atoms with E-state index in [0.717, 1.165) is 29.9 Å². The number of amides is 2. The van der Waals surface area contributed by atoms with Gasteiger partial charge in [0.2, 0.25) is 11.8 Å². The van der Waals surface area contributed by atoms with Crippen LogP contribution < -0.4 is 0 Å². The number of carbonyl (C=O) groups excluding carboxylic acids is 4. The summed E-state index contributed by atoms with van der Waals surface area (Å²) in [7, 11) is 0. The molecule has 164 valence electrons. The Morgan fingerprint density at radius 3 is 2.34 bits per heavy atom. The van der Waals surface area contributed by atoms with Crippen LogP contribution in [0.3, 0.4) is 0 Å². The molecule has 1 aliphatic heterocycles. The summed E-state index contributed by atoms with van der Waals surface area (Å²) in [5.41, 5.74) is 1.40. The third-order valence-electron chi connectivity index (χ3n) is 7.15. The highest BCUT2D eigenvalue weighted by molar-refractivity contribution is 6.08. The summed E-state index contributed by atoms with van der Waals surface area (Å²) in [6.45, 7) is -1.02. The molecule has 5 atom stereocenters. The van der Waals surface area contributed by atoms with E-state index in [0.29, 0.717) is 0 Å². The minimum Gasteiger partial charge on any atom is -0.456 e. The van der Waals surface area contributed by atoms with E-state index in [2.05, 4.69) is 12.1 Å². The number of carbonyl (C=O) groups is 4. The lowest BCUT2D eigenvalue weighted by Crippen LogP contribution is -2.38. The number of esters is 1. The van der Waals surface area contributed by atoms with Gasteiger partial charge in [-0.15, -0.1) is 0 Å². The molecule has 5 rings (SSSR count). The summed E-state index contributed by atoms with van der Waals surface area (Å²) >= 11 is 0. The fourth-order valence-electron chi connectivity index (χ4n) is 5.80. The summed E-state index contributed by atoms with van der Waals surface area (Å²) in [5.74, 6) is -2.64. The molecule has 7 heteroatoms. The normalized spacial score (nSPS) is 28.2. The number of likely N-dealkylation sites (tertiary alicyclic amines) is 1. The van der Waals surface area contributed by atoms with Crippen LogP contribution in [0.2, 0.25) is 0 Å². The maximum atomic E-state index is 13.1. The molecule has 3 fully saturated rings. The third kappa shape index (κ3) is 3.42. The molecule has 0 spiro atoms. The van der Waals surface area contributed by atoms with E-state index >= 15 is 0 Å². The van der Waals surface area contributed by atoms with Gasteiger partial charge >= 0.3 is 5.97 Å². The Kier molecular flexibility index (Phi) is 5.12. The van der Waals surface area contributed by atoms with Crippen molar-refractivity contribution in [2.75, 3.05) is 13.2 Å². The number of imide groups is 1. The van der Waals surface area contributed by atoms with Crippen molar-refractivity contribution < 1.29 is 28.3 Å². The topological polar surface area (TPSA) is 80.8 Å². The van der Waals surface area contributed by atoms with Crippen molar-refractivity contribution in [3.8, 4) is 0 Å². The molecule has 2 aromatic rings. The molecule has 32 heavy (non-hydrogen) atoms. The molecule has 1 saturated heterocycles. The lowest BCUT2D eigenvalue weighted by atomic mass is 9.73. The molecule has 0 aromatic heterocycles. The van der Waals surface area contributed by atoms with Crippen LogP contribution in [0.15, 0.2) is 54.6 Å². The van der Waals surface area contributed by atoms with Crippen LogP contribution in [0.4, 0.5) is 4.39 Å². The number of hydrogen-bond donors (Lipinski definition) is 0. The molecule has 0 N–H and O–H groups in total. The maximum Gasteiger partial charge on any atom is 0.326 e. The lowest BCUT2D eigenvalue weighted by Gasteiger charge is -2.28. The van der Waals surface area contributed by atoms with Crippen molar-refractivity contribution in [3.05, 3.63) is 71.5 Å². The van der Waals surface area contributed by atoms with Gasteiger partial charge in [-0.05, 0) is 60.4 Å². The van der Waals surface area contributed by atoms with Crippen molar-refractivity contribution in [1.29, 1.82) is 0 Å². The first-order valence-corrected chi connectivity index (χ1v) is 10.8. The van der Waals surface area contributed by atoms with Crippen LogP contribution in [0.1, 0.15) is 34.7 Å². The Morgan fingerprint density at radius 2 is 1.62 bits per heavy atom. The van der Waals surface area contributed by atoms with E-state index in [-0.39, 0.29) is 47.0 Å². The summed E-state index contributed by atoms with van der Waals surface area (Å²) in [4.78, 5) is 51.4. The fraction of sp³-hybridized carbons (Fsp3) is 0.360. The van der Waals surface area contributed by atoms with Gasteiger partial charge in [0, 0.05) is 5.56 Å². The van der Waals surface area contributed by atoms with Crippen LogP contribution >= 0.6 is 0 Å². The number of Topliss-reactive ketones (excluding diaryl/α,β-unsaturated/α-hetero) is 1. The van der Waals surface area contributed by atoms with Gasteiger partial charge < -0.3 is 4.74 Å². The smallest absolute Gasteiger partial charge is 0.326 e. The zero-order valence-corrected chi connectivity index (χ0v) is 17.3. The third-order valence-corrected chi connectivity index (χ3v) is 7.15. The second-order valence-corrected chi connectivity index (χ2v) is 8.82. The predicted octanol–water partition coefficient (Wildman–Crippen LogP) is 2.98. The highest BCUT2D eigenvalue weighted by Gasteiger charge is 2.64. The number of ether oxygens (including phenoxy) is 1. The largest absolute Gasteiger partial charge is 0.456 e. The number of benzene rings is 2. The molecule has 2 aliphatic carbocycles. The second kappa shape index (κ2) is 7.97. The average molecular weight is 435 g/mol. The Hall–Kier alpha value is -3.35. The minimum absolute atomic E-state index is 0.102. The van der Waals surface area contributed by atoms with Gasteiger partial charge in [-0.3, -0.25) is 24.1 Å². The first-order chi connectivity index (χ1) is 15.4. The highest BCUT2D eigenvalue weighted by atomic mass is 19.1. The number of nitrogens with zero attached hydrogens (tertiary/aromatic N) is 1. The van der Waals surface area contributed by atoms with Crippen LogP contribution in [-0.4, -0.2) is 41.6 Å². The monoisotopic (exact) mass is 435 g/mol. The summed E-state index contributed by atoms with van der Waals surface area (Å²) in [6.07, 6.45) is 1.73. The molecule has 0 unspecified atom stereocenters. The molecular formula is C25H22FNO5. The van der Waals surface area contributed by atoms with Crippen molar-refractivity contribution >= 4 is 23.6 Å². The van der Waals surface area contributed by atoms with E-state index in [1.54, 1.807) is 0 Å². The summed E-state index contributed by atoms with van der Waals surface area (Å²) < 4.78 is 18.0. The fourth-order valence-corrected chi connectivity index (χ4v) is 5.80. The molecule has 2 saturated carbocycles. The van der Waals surface area contributed by atoms with E-state index in [4.69, 9.17) is 4.74 Å². The minimum atomic E-state index is -0.811. The first kappa shape index (κ1) is 20.5. The second-order valence-electron chi connectivity index (χ2n) is 8.82. The Balaban J connectivity index is 1.22. The van der Waals surface area contributed by atoms with Crippen molar-refractivity contribution in [3.63, 3.8) is 0 Å². The van der Waals surface area contributed by atoms with E-state index < -0.39 is 30.7 Å². The molecular weight excluding hydrogens is 413 g/mol. The first-order valence-electron chi connectivity index (χ1n) is 10.8. The maximum absolute atomic E-state index is 13.1. The van der Waals surface area contributed by atoms with E-state index in [1.165, 1.54) is 17.7 Å². The molecule has 0 radical (unpaired) electrons. The van der Waals surface area contributed by atoms with Gasteiger partial charge in [-0.1, -0.05) is 30.3 Å². The standard InChI is InChI=1S/C25H22FNO5/c26-17-8-6-15(7-9-17)20(28)13-32-21(29)12-27-24(30)22-16-10-18(14-4-2-1-3-5-14)19(11-16)23(22)25(27)31/h1-9,16,18-19,22-23H,10-13H2/t16-,18-,19+,22+,23+/m0/s1. The van der Waals surface area contributed by atoms with Gasteiger partial charge in [-0.25, -0.2) is 4.39 Å². The Bertz CT molecular complexity index is 1080. The van der Waals surface area contributed by atoms with Gasteiger partial charge in [0.15, 0.2) is 12.4 Å². The highest BCUT2D eigenvalue weighted by Crippen LogP contribution is 2.61.